The first-order valence-corrected chi connectivity index (χ1v) is 8.00. The van der Waals surface area contributed by atoms with Gasteiger partial charge in [-0.15, -0.1) is 0 Å². The fourth-order valence-electron chi connectivity index (χ4n) is 1.73. The Balaban J connectivity index is 0. The highest BCUT2D eigenvalue weighted by molar-refractivity contribution is 5.75. The van der Waals surface area contributed by atoms with Crippen LogP contribution in [0.5, 0.6) is 0 Å². The minimum Gasteiger partial charge on any atom is -0.475 e. The molecule has 0 fully saturated rings. The summed E-state index contributed by atoms with van der Waals surface area (Å²) in [5, 5.41) is 16.9. The summed E-state index contributed by atoms with van der Waals surface area (Å²) >= 11 is 0. The highest BCUT2D eigenvalue weighted by Crippen LogP contribution is 2.13. The Hall–Kier alpha value is -2.20. The van der Waals surface area contributed by atoms with Crippen LogP contribution in [0.3, 0.4) is 0 Å². The number of alkyl halides is 3. The first kappa shape index (κ1) is 25.0. The molecule has 0 bridgehead atoms. The number of halogens is 3. The number of aliphatic carboxylic acids is 1. The topological polar surface area (TPSA) is 164 Å². The average molecular weight is 370 g/mol. The lowest BCUT2D eigenvalue weighted by Crippen LogP contribution is -2.30. The van der Waals surface area contributed by atoms with Gasteiger partial charge < -0.3 is 27.6 Å². The van der Waals surface area contributed by atoms with Gasteiger partial charge in [-0.05, 0) is 12.8 Å². The van der Waals surface area contributed by atoms with Crippen molar-refractivity contribution in [2.75, 3.05) is 13.1 Å². The molecule has 0 spiro atoms. The van der Waals surface area contributed by atoms with Gasteiger partial charge in [0.05, 0.1) is 0 Å². The molecule has 0 aromatic heterocycles. The summed E-state index contributed by atoms with van der Waals surface area (Å²) in [7, 11) is 0. The smallest absolute Gasteiger partial charge is 0.475 e. The van der Waals surface area contributed by atoms with Gasteiger partial charge in [-0.3, -0.25) is 10.4 Å². The van der Waals surface area contributed by atoms with E-state index < -0.39 is 12.1 Å². The SMILES string of the molecule is N=C(N)NCCCCCCCCCCN=C(N)N.O=C(O)C(F)(F)F. The van der Waals surface area contributed by atoms with Crippen LogP contribution < -0.4 is 22.5 Å². The van der Waals surface area contributed by atoms with Gasteiger partial charge in [-0.1, -0.05) is 38.5 Å². The van der Waals surface area contributed by atoms with Crippen molar-refractivity contribution >= 4 is 17.9 Å². The Kier molecular flexibility index (Phi) is 15.4. The van der Waals surface area contributed by atoms with E-state index in [1.54, 1.807) is 0 Å². The number of nitrogens with zero attached hydrogens (tertiary/aromatic N) is 1. The molecule has 0 amide bonds. The van der Waals surface area contributed by atoms with E-state index in [9.17, 15) is 13.2 Å². The predicted octanol–water partition coefficient (Wildman–Crippen LogP) is 1.50. The lowest BCUT2D eigenvalue weighted by molar-refractivity contribution is -0.192. The van der Waals surface area contributed by atoms with E-state index in [1.165, 1.54) is 38.5 Å². The number of nitrogens with two attached hydrogens (primary N) is 3. The highest BCUT2D eigenvalue weighted by atomic mass is 19.4. The van der Waals surface area contributed by atoms with Crippen LogP contribution in [0.1, 0.15) is 51.4 Å². The number of aliphatic imine (C=N–C) groups is 1. The van der Waals surface area contributed by atoms with Crippen molar-refractivity contribution in [1.29, 1.82) is 5.41 Å². The third kappa shape index (κ3) is 24.2. The van der Waals surface area contributed by atoms with Gasteiger partial charge in [0.15, 0.2) is 11.9 Å². The fraction of sp³-hybridized carbons (Fsp3) is 0.786. The van der Waals surface area contributed by atoms with Gasteiger partial charge >= 0.3 is 12.1 Å². The van der Waals surface area contributed by atoms with E-state index in [0.717, 1.165) is 25.9 Å². The minimum absolute atomic E-state index is 0.0655. The summed E-state index contributed by atoms with van der Waals surface area (Å²) in [4.78, 5) is 12.8. The van der Waals surface area contributed by atoms with Crippen molar-refractivity contribution in [3.05, 3.63) is 0 Å². The summed E-state index contributed by atoms with van der Waals surface area (Å²) in [6.45, 7) is 1.56. The van der Waals surface area contributed by atoms with Crippen LogP contribution in [0.15, 0.2) is 4.99 Å². The molecular formula is C14H29F3N6O2. The van der Waals surface area contributed by atoms with Crippen molar-refractivity contribution in [3.8, 4) is 0 Å². The van der Waals surface area contributed by atoms with Crippen LogP contribution in [-0.4, -0.2) is 42.3 Å². The molecule has 0 saturated carbocycles. The molecule has 0 heterocycles. The molecule has 0 unspecified atom stereocenters. The number of unbranched alkanes of at least 4 members (excludes halogenated alkanes) is 7. The van der Waals surface area contributed by atoms with Gasteiger partial charge in [0.25, 0.3) is 0 Å². The lowest BCUT2D eigenvalue weighted by atomic mass is 10.1. The normalized spacial score (nSPS) is 10.4. The molecule has 0 aliphatic carbocycles. The van der Waals surface area contributed by atoms with Gasteiger partial charge in [0, 0.05) is 13.1 Å². The molecule has 0 aromatic rings. The van der Waals surface area contributed by atoms with Gasteiger partial charge in [0.2, 0.25) is 0 Å². The quantitative estimate of drug-likeness (QED) is 0.183. The maximum absolute atomic E-state index is 10.6. The maximum atomic E-state index is 10.6. The molecule has 0 rings (SSSR count). The Morgan fingerprint density at radius 2 is 1.36 bits per heavy atom. The van der Waals surface area contributed by atoms with Crippen molar-refractivity contribution < 1.29 is 23.1 Å². The summed E-state index contributed by atoms with van der Waals surface area (Å²) in [6, 6.07) is 0. The zero-order chi connectivity index (χ0) is 19.7. The Bertz CT molecular complexity index is 399. The van der Waals surface area contributed by atoms with Gasteiger partial charge in [0.1, 0.15) is 0 Å². The predicted molar refractivity (Wildman–Crippen MR) is 91.2 cm³/mol. The fourth-order valence-corrected chi connectivity index (χ4v) is 1.73. The number of guanidine groups is 2. The van der Waals surface area contributed by atoms with Gasteiger partial charge in [-0.2, -0.15) is 13.2 Å². The van der Waals surface area contributed by atoms with Crippen molar-refractivity contribution in [2.45, 2.75) is 57.5 Å². The number of carbonyl (C=O) groups is 1. The largest absolute Gasteiger partial charge is 0.490 e. The molecule has 148 valence electrons. The molecule has 0 aliphatic rings. The second-order valence-electron chi connectivity index (χ2n) is 5.28. The molecule has 11 heteroatoms. The molecule has 0 atom stereocenters. The van der Waals surface area contributed by atoms with E-state index in [1.807, 2.05) is 0 Å². The number of carboxylic acids is 1. The Labute approximate surface area is 145 Å². The van der Waals surface area contributed by atoms with Crippen molar-refractivity contribution in [3.63, 3.8) is 0 Å². The van der Waals surface area contributed by atoms with E-state index in [0.29, 0.717) is 0 Å². The third-order valence-electron chi connectivity index (χ3n) is 2.94. The van der Waals surface area contributed by atoms with Crippen molar-refractivity contribution in [1.82, 2.24) is 5.32 Å². The van der Waals surface area contributed by atoms with Crippen LogP contribution in [-0.2, 0) is 4.79 Å². The summed E-state index contributed by atoms with van der Waals surface area (Å²) in [5.74, 6) is -2.50. The monoisotopic (exact) mass is 370 g/mol. The highest BCUT2D eigenvalue weighted by Gasteiger charge is 2.38. The molecule has 0 saturated heterocycles. The molecule has 0 radical (unpaired) electrons. The van der Waals surface area contributed by atoms with Crippen molar-refractivity contribution in [2.24, 2.45) is 22.2 Å². The number of rotatable bonds is 11. The van der Waals surface area contributed by atoms with Crippen LogP contribution in [0.25, 0.3) is 0 Å². The third-order valence-corrected chi connectivity index (χ3v) is 2.94. The molecule has 0 aromatic carbocycles. The molecule has 9 N–H and O–H groups in total. The van der Waals surface area contributed by atoms with Crippen LogP contribution in [0, 0.1) is 5.41 Å². The van der Waals surface area contributed by atoms with Crippen LogP contribution in [0.2, 0.25) is 0 Å². The van der Waals surface area contributed by atoms with Crippen LogP contribution >= 0.6 is 0 Å². The van der Waals surface area contributed by atoms with E-state index in [2.05, 4.69) is 10.3 Å². The summed E-state index contributed by atoms with van der Waals surface area (Å²) < 4.78 is 31.7. The summed E-state index contributed by atoms with van der Waals surface area (Å²) in [6.07, 6.45) is 4.55. The van der Waals surface area contributed by atoms with Crippen LogP contribution in [0.4, 0.5) is 13.2 Å². The maximum Gasteiger partial charge on any atom is 0.490 e. The molecule has 8 nitrogen and oxygen atoms in total. The Morgan fingerprint density at radius 3 is 1.72 bits per heavy atom. The first-order valence-electron chi connectivity index (χ1n) is 8.00. The molecular weight excluding hydrogens is 341 g/mol. The molecule has 25 heavy (non-hydrogen) atoms. The van der Waals surface area contributed by atoms with E-state index >= 15 is 0 Å². The minimum atomic E-state index is -5.08. The standard InChI is InChI=1S/C12H28N6.C2HF3O2/c13-11(14)17-9-7-5-3-1-2-4-6-8-10-18-12(15)16;3-2(4,5)1(6)7/h1-10H2,(H4,13,14,17)(H4,15,16,18);(H,6,7). The second kappa shape index (κ2) is 15.3. The van der Waals surface area contributed by atoms with E-state index in [4.69, 9.17) is 32.5 Å². The zero-order valence-electron chi connectivity index (χ0n) is 14.2. The lowest BCUT2D eigenvalue weighted by Gasteiger charge is -2.03. The number of nitrogens with one attached hydrogen (secondary N) is 2. The average Bonchev–Trinajstić information content (AvgIpc) is 2.47. The Morgan fingerprint density at radius 1 is 0.960 bits per heavy atom. The van der Waals surface area contributed by atoms with E-state index in [-0.39, 0.29) is 11.9 Å². The number of hydrogen-bond acceptors (Lipinski definition) is 3. The zero-order valence-corrected chi connectivity index (χ0v) is 14.2. The number of carboxylic acid groups (broad SMARTS) is 1. The first-order chi connectivity index (χ1) is 11.6. The molecule has 0 aliphatic heterocycles. The summed E-state index contributed by atoms with van der Waals surface area (Å²) in [5.41, 5.74) is 15.6. The number of hydrogen-bond donors (Lipinski definition) is 6. The van der Waals surface area contributed by atoms with Gasteiger partial charge in [-0.25, -0.2) is 4.79 Å². The second-order valence-corrected chi connectivity index (χ2v) is 5.28.